The van der Waals surface area contributed by atoms with Crippen molar-refractivity contribution < 1.29 is 14.7 Å². The SMILES string of the molecule is CCC(C)NC(=O)C1C2C=CC(C2)C1C(=O)O. The fourth-order valence-electron chi connectivity index (χ4n) is 2.96. The molecule has 2 aliphatic carbocycles. The number of hydrogen-bond acceptors (Lipinski definition) is 2. The van der Waals surface area contributed by atoms with Gasteiger partial charge in [0.15, 0.2) is 0 Å². The van der Waals surface area contributed by atoms with Crippen LogP contribution in [0.1, 0.15) is 26.7 Å². The van der Waals surface area contributed by atoms with E-state index in [1.54, 1.807) is 0 Å². The monoisotopic (exact) mass is 237 g/mol. The molecule has 0 saturated heterocycles. The number of carboxylic acids is 1. The number of carbonyl (C=O) groups is 2. The highest BCUT2D eigenvalue weighted by atomic mass is 16.4. The predicted molar refractivity (Wildman–Crippen MR) is 63.2 cm³/mol. The molecule has 0 spiro atoms. The van der Waals surface area contributed by atoms with Crippen molar-refractivity contribution in [2.75, 3.05) is 0 Å². The molecule has 17 heavy (non-hydrogen) atoms. The zero-order valence-electron chi connectivity index (χ0n) is 10.2. The molecule has 0 heterocycles. The van der Waals surface area contributed by atoms with E-state index in [1.165, 1.54) is 0 Å². The van der Waals surface area contributed by atoms with Crippen LogP contribution in [0.3, 0.4) is 0 Å². The van der Waals surface area contributed by atoms with Crippen molar-refractivity contribution in [1.82, 2.24) is 5.32 Å². The number of allylic oxidation sites excluding steroid dienone is 2. The molecule has 1 amide bonds. The summed E-state index contributed by atoms with van der Waals surface area (Å²) in [6, 6.07) is 0.111. The summed E-state index contributed by atoms with van der Waals surface area (Å²) in [4.78, 5) is 23.4. The summed E-state index contributed by atoms with van der Waals surface area (Å²) in [5.41, 5.74) is 0. The molecule has 5 unspecified atom stereocenters. The van der Waals surface area contributed by atoms with E-state index in [0.29, 0.717) is 0 Å². The molecular formula is C13H19NO3. The third-order valence-electron chi connectivity index (χ3n) is 4.05. The molecule has 5 atom stereocenters. The first-order chi connectivity index (χ1) is 8.04. The second kappa shape index (κ2) is 4.51. The van der Waals surface area contributed by atoms with Crippen LogP contribution in [0.4, 0.5) is 0 Å². The van der Waals surface area contributed by atoms with Gasteiger partial charge >= 0.3 is 5.97 Å². The molecule has 2 bridgehead atoms. The normalized spacial score (nSPS) is 35.9. The molecule has 2 rings (SSSR count). The van der Waals surface area contributed by atoms with E-state index in [1.807, 2.05) is 26.0 Å². The van der Waals surface area contributed by atoms with Crippen molar-refractivity contribution in [3.63, 3.8) is 0 Å². The lowest BCUT2D eigenvalue weighted by Gasteiger charge is -2.25. The smallest absolute Gasteiger partial charge is 0.307 e. The molecule has 0 aromatic carbocycles. The zero-order valence-corrected chi connectivity index (χ0v) is 10.2. The Morgan fingerprint density at radius 1 is 1.35 bits per heavy atom. The average molecular weight is 237 g/mol. The van der Waals surface area contributed by atoms with Crippen LogP contribution < -0.4 is 5.32 Å². The number of hydrogen-bond donors (Lipinski definition) is 2. The Bertz CT molecular complexity index is 364. The summed E-state index contributed by atoms with van der Waals surface area (Å²) in [7, 11) is 0. The summed E-state index contributed by atoms with van der Waals surface area (Å²) in [5.74, 6) is -1.68. The van der Waals surface area contributed by atoms with Gasteiger partial charge in [-0.15, -0.1) is 0 Å². The molecule has 0 aromatic rings. The van der Waals surface area contributed by atoms with E-state index in [9.17, 15) is 14.7 Å². The van der Waals surface area contributed by atoms with Crippen LogP contribution in [0, 0.1) is 23.7 Å². The van der Waals surface area contributed by atoms with Gasteiger partial charge in [-0.25, -0.2) is 0 Å². The number of carbonyl (C=O) groups excluding carboxylic acids is 1. The van der Waals surface area contributed by atoms with Gasteiger partial charge in [-0.1, -0.05) is 19.1 Å². The number of rotatable bonds is 4. The fraction of sp³-hybridized carbons (Fsp3) is 0.692. The van der Waals surface area contributed by atoms with Crippen molar-refractivity contribution in [2.45, 2.75) is 32.7 Å². The fourth-order valence-corrected chi connectivity index (χ4v) is 2.96. The quantitative estimate of drug-likeness (QED) is 0.727. The van der Waals surface area contributed by atoms with E-state index in [4.69, 9.17) is 0 Å². The summed E-state index contributed by atoms with van der Waals surface area (Å²) >= 11 is 0. The van der Waals surface area contributed by atoms with Crippen LogP contribution in [-0.4, -0.2) is 23.0 Å². The molecule has 94 valence electrons. The van der Waals surface area contributed by atoms with Crippen molar-refractivity contribution >= 4 is 11.9 Å². The molecule has 4 heteroatoms. The van der Waals surface area contributed by atoms with Crippen LogP contribution in [0.2, 0.25) is 0 Å². The Hall–Kier alpha value is -1.32. The lowest BCUT2D eigenvalue weighted by atomic mass is 9.82. The minimum Gasteiger partial charge on any atom is -0.481 e. The van der Waals surface area contributed by atoms with Gasteiger partial charge in [-0.05, 0) is 31.6 Å². The van der Waals surface area contributed by atoms with E-state index in [2.05, 4.69) is 5.32 Å². The highest BCUT2D eigenvalue weighted by Gasteiger charge is 2.51. The highest BCUT2D eigenvalue weighted by molar-refractivity contribution is 5.87. The molecule has 2 aliphatic rings. The standard InChI is InChI=1S/C13H19NO3/c1-3-7(2)14-12(15)10-8-4-5-9(6-8)11(10)13(16)17/h4-5,7-11H,3,6H2,1-2H3,(H,14,15)(H,16,17). The summed E-state index contributed by atoms with van der Waals surface area (Å²) < 4.78 is 0. The third-order valence-corrected chi connectivity index (χ3v) is 4.05. The Morgan fingerprint density at radius 3 is 2.47 bits per heavy atom. The maximum absolute atomic E-state index is 12.1. The van der Waals surface area contributed by atoms with E-state index in [-0.39, 0.29) is 29.7 Å². The first-order valence-corrected chi connectivity index (χ1v) is 6.26. The van der Waals surface area contributed by atoms with Crippen LogP contribution >= 0.6 is 0 Å². The maximum atomic E-state index is 12.1. The minimum absolute atomic E-state index is 0.0465. The Balaban J connectivity index is 2.11. The van der Waals surface area contributed by atoms with Crippen molar-refractivity contribution in [3.05, 3.63) is 12.2 Å². The second-order valence-corrected chi connectivity index (χ2v) is 5.16. The molecule has 1 saturated carbocycles. The van der Waals surface area contributed by atoms with Gasteiger partial charge < -0.3 is 10.4 Å². The van der Waals surface area contributed by atoms with Gasteiger partial charge in [-0.3, -0.25) is 9.59 Å². The number of amides is 1. The third kappa shape index (κ3) is 2.08. The lowest BCUT2D eigenvalue weighted by Crippen LogP contribution is -2.43. The van der Waals surface area contributed by atoms with Gasteiger partial charge in [-0.2, -0.15) is 0 Å². The van der Waals surface area contributed by atoms with Crippen LogP contribution in [-0.2, 0) is 9.59 Å². The van der Waals surface area contributed by atoms with Gasteiger partial charge in [0, 0.05) is 6.04 Å². The first kappa shape index (κ1) is 12.1. The summed E-state index contributed by atoms with van der Waals surface area (Å²) in [6.07, 6.45) is 5.64. The molecule has 0 aromatic heterocycles. The van der Waals surface area contributed by atoms with E-state index >= 15 is 0 Å². The van der Waals surface area contributed by atoms with Crippen LogP contribution in [0.25, 0.3) is 0 Å². The second-order valence-electron chi connectivity index (χ2n) is 5.16. The van der Waals surface area contributed by atoms with Gasteiger partial charge in [0.1, 0.15) is 0 Å². The molecule has 1 fully saturated rings. The van der Waals surface area contributed by atoms with E-state index in [0.717, 1.165) is 12.8 Å². The van der Waals surface area contributed by atoms with Crippen molar-refractivity contribution in [1.29, 1.82) is 0 Å². The first-order valence-electron chi connectivity index (χ1n) is 6.26. The van der Waals surface area contributed by atoms with Crippen LogP contribution in [0.15, 0.2) is 12.2 Å². The zero-order chi connectivity index (χ0) is 12.6. The molecule has 2 N–H and O–H groups in total. The van der Waals surface area contributed by atoms with Gasteiger partial charge in [0.2, 0.25) is 5.91 Å². The number of nitrogens with one attached hydrogen (secondary N) is 1. The lowest BCUT2D eigenvalue weighted by molar-refractivity contribution is -0.148. The topological polar surface area (TPSA) is 66.4 Å². The minimum atomic E-state index is -0.842. The Morgan fingerprint density at radius 2 is 1.94 bits per heavy atom. The number of aliphatic carboxylic acids is 1. The molecule has 4 nitrogen and oxygen atoms in total. The summed E-state index contributed by atoms with van der Waals surface area (Å²) in [5, 5.41) is 12.1. The van der Waals surface area contributed by atoms with Crippen molar-refractivity contribution in [2.24, 2.45) is 23.7 Å². The Kier molecular flexibility index (Phi) is 3.22. The van der Waals surface area contributed by atoms with Gasteiger partial charge in [0.05, 0.1) is 11.8 Å². The average Bonchev–Trinajstić information content (AvgIpc) is 2.87. The highest BCUT2D eigenvalue weighted by Crippen LogP contribution is 2.48. The van der Waals surface area contributed by atoms with Crippen LogP contribution in [0.5, 0.6) is 0 Å². The maximum Gasteiger partial charge on any atom is 0.307 e. The number of fused-ring (bicyclic) bond motifs is 2. The van der Waals surface area contributed by atoms with E-state index < -0.39 is 11.9 Å². The predicted octanol–water partition coefficient (Wildman–Crippen LogP) is 1.42. The van der Waals surface area contributed by atoms with Gasteiger partial charge in [0.25, 0.3) is 0 Å². The Labute approximate surface area is 101 Å². The molecular weight excluding hydrogens is 218 g/mol. The molecule has 0 radical (unpaired) electrons. The number of carboxylic acid groups (broad SMARTS) is 1. The summed E-state index contributed by atoms with van der Waals surface area (Å²) in [6.45, 7) is 3.94. The molecule has 0 aliphatic heterocycles. The largest absolute Gasteiger partial charge is 0.481 e. The van der Waals surface area contributed by atoms with Crippen molar-refractivity contribution in [3.8, 4) is 0 Å².